The van der Waals surface area contributed by atoms with Crippen LogP contribution < -0.4 is 0 Å². The highest BCUT2D eigenvalue weighted by Crippen LogP contribution is 2.11. The van der Waals surface area contributed by atoms with Crippen molar-refractivity contribution in [1.82, 2.24) is 0 Å². The Morgan fingerprint density at radius 3 is 2.40 bits per heavy atom. The minimum Gasteiger partial charge on any atom is -0.481 e. The minimum absolute atomic E-state index is 0.111. The summed E-state index contributed by atoms with van der Waals surface area (Å²) in [6, 6.07) is 0. The minimum atomic E-state index is -0.643. The van der Waals surface area contributed by atoms with Crippen LogP contribution in [0.25, 0.3) is 0 Å². The second-order valence-corrected chi connectivity index (χ2v) is 2.59. The maximum absolute atomic E-state index is 10.4. The maximum atomic E-state index is 10.4. The van der Waals surface area contributed by atoms with Gasteiger partial charge in [0.1, 0.15) is 0 Å². The van der Waals surface area contributed by atoms with E-state index in [0.717, 1.165) is 25.7 Å². The molecule has 2 nitrogen and oxygen atoms in total. The molecule has 1 unspecified atom stereocenters. The number of rotatable bonds is 5. The van der Waals surface area contributed by atoms with Gasteiger partial charge in [0, 0.05) is 0 Å². The predicted octanol–water partition coefficient (Wildman–Crippen LogP) is 2.29. The lowest BCUT2D eigenvalue weighted by atomic mass is 10.1. The second kappa shape index (κ2) is 5.27. The van der Waals surface area contributed by atoms with Crippen molar-refractivity contribution in [3.63, 3.8) is 0 Å². The topological polar surface area (TPSA) is 37.3 Å². The molecule has 0 aliphatic heterocycles. The fourth-order valence-electron chi connectivity index (χ4n) is 0.953. The van der Waals surface area contributed by atoms with E-state index in [4.69, 9.17) is 5.11 Å². The van der Waals surface area contributed by atoms with Crippen molar-refractivity contribution >= 4 is 5.97 Å². The highest BCUT2D eigenvalue weighted by Gasteiger charge is 2.12. The van der Waals surface area contributed by atoms with Gasteiger partial charge in [-0.25, -0.2) is 0 Å². The summed E-state index contributed by atoms with van der Waals surface area (Å²) in [5.74, 6) is -0.754. The maximum Gasteiger partial charge on any atom is 0.306 e. The van der Waals surface area contributed by atoms with Crippen molar-refractivity contribution in [2.75, 3.05) is 0 Å². The molecule has 0 heterocycles. The number of carboxylic acid groups (broad SMARTS) is 1. The second-order valence-electron chi connectivity index (χ2n) is 2.59. The van der Waals surface area contributed by atoms with Crippen LogP contribution in [0.2, 0.25) is 0 Å². The van der Waals surface area contributed by atoms with Gasteiger partial charge in [-0.15, -0.1) is 0 Å². The van der Waals surface area contributed by atoms with Gasteiger partial charge in [-0.05, 0) is 12.8 Å². The Kier molecular flexibility index (Phi) is 4.99. The lowest BCUT2D eigenvalue weighted by molar-refractivity contribution is -0.142. The van der Waals surface area contributed by atoms with Gasteiger partial charge < -0.3 is 5.11 Å². The van der Waals surface area contributed by atoms with Gasteiger partial charge in [0.25, 0.3) is 0 Å². The Balaban J connectivity index is 3.50. The van der Waals surface area contributed by atoms with E-state index in [1.54, 1.807) is 0 Å². The van der Waals surface area contributed by atoms with E-state index in [9.17, 15) is 4.79 Å². The zero-order valence-electron chi connectivity index (χ0n) is 6.76. The van der Waals surface area contributed by atoms with E-state index in [1.165, 1.54) is 0 Å². The molecule has 0 rings (SSSR count). The molecule has 2 heteroatoms. The van der Waals surface area contributed by atoms with Gasteiger partial charge in [0.05, 0.1) is 5.92 Å². The summed E-state index contributed by atoms with van der Waals surface area (Å²) in [7, 11) is 0. The highest BCUT2D eigenvalue weighted by atomic mass is 16.6. The molecule has 0 amide bonds. The van der Waals surface area contributed by atoms with Gasteiger partial charge in [-0.2, -0.15) is 0 Å². The molecule has 0 bridgehead atoms. The molecular weight excluding hydrogens is 130 g/mol. The van der Waals surface area contributed by atoms with Crippen molar-refractivity contribution in [2.45, 2.75) is 39.5 Å². The first-order valence-electron chi connectivity index (χ1n) is 3.95. The number of carbonyl (C=O) groups is 1. The van der Waals surface area contributed by atoms with Crippen molar-refractivity contribution < 1.29 is 9.90 Å². The summed E-state index contributed by atoms with van der Waals surface area (Å²) in [6.07, 6.45) is 3.71. The normalized spacial score (nSPS) is 13.0. The third kappa shape index (κ3) is 3.49. The molecule has 0 fully saturated rings. The number of unbranched alkanes of at least 4 members (excludes halogenated alkanes) is 1. The van der Waals surface area contributed by atoms with Crippen LogP contribution in [0.1, 0.15) is 39.5 Å². The van der Waals surface area contributed by atoms with E-state index >= 15 is 0 Å². The molecule has 0 aromatic rings. The number of aliphatic carboxylic acids is 1. The van der Waals surface area contributed by atoms with Crippen molar-refractivity contribution in [3.05, 3.63) is 0 Å². The van der Waals surface area contributed by atoms with Gasteiger partial charge in [0.15, 0.2) is 0 Å². The first-order chi connectivity index (χ1) is 4.72. The fraction of sp³-hybridized carbons (Fsp3) is 0.875. The Hall–Kier alpha value is -0.530. The Labute approximate surface area is 62.2 Å². The summed E-state index contributed by atoms with van der Waals surface area (Å²) in [5.41, 5.74) is 0. The van der Waals surface area contributed by atoms with Crippen LogP contribution in [0.5, 0.6) is 0 Å². The summed E-state index contributed by atoms with van der Waals surface area (Å²) in [4.78, 5) is 10.4. The highest BCUT2D eigenvalue weighted by molar-refractivity contribution is 5.69. The summed E-state index contributed by atoms with van der Waals surface area (Å²) in [6.45, 7) is 4.00. The smallest absolute Gasteiger partial charge is 0.306 e. The van der Waals surface area contributed by atoms with E-state index < -0.39 is 5.97 Å². The quantitative estimate of drug-likeness (QED) is 0.646. The Bertz CT molecular complexity index is 99.4. The molecule has 0 aliphatic rings. The van der Waals surface area contributed by atoms with Gasteiger partial charge in [-0.1, -0.05) is 26.7 Å². The zero-order valence-corrected chi connectivity index (χ0v) is 6.76. The first-order valence-corrected chi connectivity index (χ1v) is 3.95. The van der Waals surface area contributed by atoms with Crippen LogP contribution in [-0.4, -0.2) is 11.1 Å². The standard InChI is InChI=1S/C8H16O2/c1-3-5-6-7(4-2)8(9)10/h7H,3-6H2,1-2H3,(H,9,10)/i8+2. The van der Waals surface area contributed by atoms with E-state index in [1.807, 2.05) is 6.92 Å². The number of hydrogen-bond donors (Lipinski definition) is 1. The summed E-state index contributed by atoms with van der Waals surface area (Å²) >= 11 is 0. The SMILES string of the molecule is CCCCC(CC)[14C](=O)O. The molecule has 0 saturated carbocycles. The molecule has 0 aromatic carbocycles. The number of carboxylic acids is 1. The van der Waals surface area contributed by atoms with Crippen LogP contribution >= 0.6 is 0 Å². The largest absolute Gasteiger partial charge is 0.481 e. The molecule has 0 aliphatic carbocycles. The molecule has 1 N–H and O–H groups in total. The first kappa shape index (κ1) is 9.47. The summed E-state index contributed by atoms with van der Waals surface area (Å²) in [5, 5.41) is 8.60. The lowest BCUT2D eigenvalue weighted by Crippen LogP contribution is -2.11. The number of hydrogen-bond acceptors (Lipinski definition) is 1. The Morgan fingerprint density at radius 1 is 1.50 bits per heavy atom. The lowest BCUT2D eigenvalue weighted by Gasteiger charge is -2.06. The van der Waals surface area contributed by atoms with Crippen molar-refractivity contribution in [3.8, 4) is 0 Å². The Morgan fingerprint density at radius 2 is 2.10 bits per heavy atom. The summed E-state index contributed by atoms with van der Waals surface area (Å²) < 4.78 is 0. The molecule has 0 aromatic heterocycles. The average Bonchev–Trinajstić information content (AvgIpc) is 1.89. The van der Waals surface area contributed by atoms with Gasteiger partial charge in [-0.3, -0.25) is 4.79 Å². The molecular formula is C8H16O2. The molecule has 60 valence electrons. The molecule has 10 heavy (non-hydrogen) atoms. The van der Waals surface area contributed by atoms with Crippen LogP contribution in [0.15, 0.2) is 0 Å². The van der Waals surface area contributed by atoms with Gasteiger partial charge in [0.2, 0.25) is 0 Å². The molecule has 1 atom stereocenters. The average molecular weight is 146 g/mol. The van der Waals surface area contributed by atoms with Crippen LogP contribution in [0, 0.1) is 5.92 Å². The van der Waals surface area contributed by atoms with E-state index in [0.29, 0.717) is 0 Å². The van der Waals surface area contributed by atoms with Gasteiger partial charge >= 0.3 is 5.97 Å². The molecule has 0 radical (unpaired) electrons. The monoisotopic (exact) mass is 146 g/mol. The van der Waals surface area contributed by atoms with E-state index in [2.05, 4.69) is 6.92 Å². The predicted molar refractivity (Wildman–Crippen MR) is 40.9 cm³/mol. The fourth-order valence-corrected chi connectivity index (χ4v) is 0.953. The van der Waals surface area contributed by atoms with Crippen LogP contribution in [0.4, 0.5) is 0 Å². The van der Waals surface area contributed by atoms with Crippen molar-refractivity contribution in [2.24, 2.45) is 5.92 Å². The molecule has 0 spiro atoms. The third-order valence-electron chi connectivity index (χ3n) is 1.75. The van der Waals surface area contributed by atoms with E-state index in [-0.39, 0.29) is 5.92 Å². The van der Waals surface area contributed by atoms with Crippen LogP contribution in [0.3, 0.4) is 0 Å². The molecule has 0 saturated heterocycles. The third-order valence-corrected chi connectivity index (χ3v) is 1.75. The van der Waals surface area contributed by atoms with Crippen LogP contribution in [-0.2, 0) is 4.79 Å². The van der Waals surface area contributed by atoms with Crippen molar-refractivity contribution in [1.29, 1.82) is 0 Å². The zero-order chi connectivity index (χ0) is 7.98.